The quantitative estimate of drug-likeness (QED) is 0.337. The summed E-state index contributed by atoms with van der Waals surface area (Å²) in [5.74, 6) is 0.826. The summed E-state index contributed by atoms with van der Waals surface area (Å²) in [5.41, 5.74) is 0.585. The zero-order chi connectivity index (χ0) is 21.7. The molecule has 1 saturated carbocycles. The zero-order valence-corrected chi connectivity index (χ0v) is 19.8. The molecule has 0 aromatic heterocycles. The van der Waals surface area contributed by atoms with E-state index in [1.54, 1.807) is 7.11 Å². The molecule has 0 amide bonds. The fourth-order valence-corrected chi connectivity index (χ4v) is 4.79. The third-order valence-corrected chi connectivity index (χ3v) is 11.1. The van der Waals surface area contributed by atoms with Gasteiger partial charge in [0.15, 0.2) is 8.32 Å². The number of rotatable bonds is 10. The lowest BCUT2D eigenvalue weighted by atomic mass is 9.58. The number of aliphatic hydroxyl groups excluding tert-OH is 2. The van der Waals surface area contributed by atoms with Crippen LogP contribution in [-0.2, 0) is 15.8 Å². The number of aliphatic hydroxyl groups is 2. The van der Waals surface area contributed by atoms with Crippen molar-refractivity contribution in [3.8, 4) is 5.75 Å². The van der Waals surface area contributed by atoms with Crippen molar-refractivity contribution in [3.05, 3.63) is 42.0 Å². The standard InChI is InChI=1S/C23H38O5Si/c1-22(2,3)29(5,6)28-21-14-23(16-24,17-25)20(21)8-7-13-27-15-18-9-11-19(26-4)12-10-18/h7-12,20-21,24-25H,13-17H2,1-6H3/b8-7+/t20-,21+/m1/s1. The van der Waals surface area contributed by atoms with Crippen LogP contribution >= 0.6 is 0 Å². The predicted octanol–water partition coefficient (Wildman–Crippen LogP) is 4.15. The molecular weight excluding hydrogens is 384 g/mol. The fraction of sp³-hybridized carbons (Fsp3) is 0.652. The van der Waals surface area contributed by atoms with Crippen molar-refractivity contribution in [2.45, 2.75) is 58.0 Å². The molecule has 0 aliphatic heterocycles. The van der Waals surface area contributed by atoms with Crippen LogP contribution in [0.4, 0.5) is 0 Å². The molecule has 0 spiro atoms. The summed E-state index contributed by atoms with van der Waals surface area (Å²) in [4.78, 5) is 0. The van der Waals surface area contributed by atoms with Crippen molar-refractivity contribution in [3.63, 3.8) is 0 Å². The van der Waals surface area contributed by atoms with Crippen LogP contribution in [0, 0.1) is 11.3 Å². The molecule has 0 heterocycles. The molecule has 1 aliphatic rings. The van der Waals surface area contributed by atoms with Crippen LogP contribution in [0.25, 0.3) is 0 Å². The lowest BCUT2D eigenvalue weighted by Gasteiger charge is -2.55. The average molecular weight is 423 g/mol. The van der Waals surface area contributed by atoms with Gasteiger partial charge in [-0.2, -0.15) is 0 Å². The molecule has 0 bridgehead atoms. The van der Waals surface area contributed by atoms with E-state index in [1.807, 2.05) is 30.3 Å². The van der Waals surface area contributed by atoms with Crippen LogP contribution in [0.1, 0.15) is 32.8 Å². The molecule has 29 heavy (non-hydrogen) atoms. The smallest absolute Gasteiger partial charge is 0.192 e. The van der Waals surface area contributed by atoms with Gasteiger partial charge in [0.05, 0.1) is 39.6 Å². The predicted molar refractivity (Wildman–Crippen MR) is 119 cm³/mol. The molecule has 1 fully saturated rings. The molecule has 164 valence electrons. The highest BCUT2D eigenvalue weighted by Crippen LogP contribution is 2.51. The molecule has 1 aromatic carbocycles. The number of hydrogen-bond acceptors (Lipinski definition) is 5. The third-order valence-electron chi connectivity index (χ3n) is 6.58. The molecule has 2 N–H and O–H groups in total. The van der Waals surface area contributed by atoms with Crippen molar-refractivity contribution in [1.29, 1.82) is 0 Å². The third kappa shape index (κ3) is 5.70. The second-order valence-electron chi connectivity index (χ2n) is 9.62. The minimum absolute atomic E-state index is 0.00351. The van der Waals surface area contributed by atoms with Gasteiger partial charge in [0.2, 0.25) is 0 Å². The van der Waals surface area contributed by atoms with Gasteiger partial charge in [-0.15, -0.1) is 0 Å². The first kappa shape index (κ1) is 24.1. The van der Waals surface area contributed by atoms with E-state index in [9.17, 15) is 10.2 Å². The molecule has 2 atom stereocenters. The van der Waals surface area contributed by atoms with Crippen LogP contribution in [0.15, 0.2) is 36.4 Å². The Kier molecular flexibility index (Phi) is 8.10. The number of hydrogen-bond donors (Lipinski definition) is 2. The van der Waals surface area contributed by atoms with Crippen molar-refractivity contribution in [2.24, 2.45) is 11.3 Å². The van der Waals surface area contributed by atoms with E-state index >= 15 is 0 Å². The first-order valence-electron chi connectivity index (χ1n) is 10.4. The van der Waals surface area contributed by atoms with Gasteiger partial charge >= 0.3 is 0 Å². The normalized spacial score (nSPS) is 21.9. The van der Waals surface area contributed by atoms with E-state index in [0.29, 0.717) is 19.6 Å². The van der Waals surface area contributed by atoms with Gasteiger partial charge in [-0.1, -0.05) is 45.1 Å². The van der Waals surface area contributed by atoms with Crippen molar-refractivity contribution in [1.82, 2.24) is 0 Å². The van der Waals surface area contributed by atoms with Gasteiger partial charge in [0, 0.05) is 11.3 Å². The largest absolute Gasteiger partial charge is 0.497 e. The van der Waals surface area contributed by atoms with Gasteiger partial charge in [0.25, 0.3) is 0 Å². The molecule has 0 saturated heterocycles. The molecular formula is C23H38O5Si. The SMILES string of the molecule is COc1ccc(COC/C=C/[C@@H]2[C@@H](O[Si](C)(C)C(C)(C)C)CC2(CO)CO)cc1. The number of benzene rings is 1. The highest BCUT2D eigenvalue weighted by molar-refractivity contribution is 6.74. The summed E-state index contributed by atoms with van der Waals surface area (Å²) in [6, 6.07) is 7.81. The van der Waals surface area contributed by atoms with Gasteiger partial charge in [-0.05, 0) is 42.2 Å². The molecule has 1 aromatic rings. The summed E-state index contributed by atoms with van der Waals surface area (Å²) < 4.78 is 17.5. The molecule has 1 aliphatic carbocycles. The van der Waals surface area contributed by atoms with Crippen LogP contribution in [0.3, 0.4) is 0 Å². The second kappa shape index (κ2) is 9.75. The Labute approximate surface area is 176 Å². The van der Waals surface area contributed by atoms with E-state index in [1.165, 1.54) is 0 Å². The number of methoxy groups -OCH3 is 1. The molecule has 2 rings (SSSR count). The van der Waals surface area contributed by atoms with Crippen LogP contribution in [0.5, 0.6) is 5.75 Å². The second-order valence-corrected chi connectivity index (χ2v) is 14.4. The fourth-order valence-electron chi connectivity index (χ4n) is 3.45. The highest BCUT2D eigenvalue weighted by Gasteiger charge is 2.55. The van der Waals surface area contributed by atoms with E-state index in [-0.39, 0.29) is 30.3 Å². The lowest BCUT2D eigenvalue weighted by molar-refractivity contribution is -0.127. The Morgan fingerprint density at radius 2 is 1.76 bits per heavy atom. The minimum Gasteiger partial charge on any atom is -0.497 e. The Balaban J connectivity index is 1.93. The Morgan fingerprint density at radius 1 is 1.14 bits per heavy atom. The molecule has 6 heteroatoms. The first-order chi connectivity index (χ1) is 13.6. The first-order valence-corrected chi connectivity index (χ1v) is 13.3. The van der Waals surface area contributed by atoms with E-state index in [2.05, 4.69) is 39.9 Å². The van der Waals surface area contributed by atoms with Crippen molar-refractivity contribution >= 4 is 8.32 Å². The van der Waals surface area contributed by atoms with Crippen molar-refractivity contribution < 1.29 is 24.1 Å². The molecule has 0 unspecified atom stereocenters. The van der Waals surface area contributed by atoms with Crippen LogP contribution < -0.4 is 4.74 Å². The monoisotopic (exact) mass is 422 g/mol. The highest BCUT2D eigenvalue weighted by atomic mass is 28.4. The average Bonchev–Trinajstić information content (AvgIpc) is 2.67. The number of ether oxygens (including phenoxy) is 2. The topological polar surface area (TPSA) is 68.2 Å². The van der Waals surface area contributed by atoms with Crippen molar-refractivity contribution in [2.75, 3.05) is 26.9 Å². The Bertz CT molecular complexity index is 659. The van der Waals surface area contributed by atoms with Gasteiger partial charge in [-0.25, -0.2) is 0 Å². The van der Waals surface area contributed by atoms with E-state index < -0.39 is 13.7 Å². The zero-order valence-electron chi connectivity index (χ0n) is 18.8. The summed E-state index contributed by atoms with van der Waals surface area (Å²) in [6.07, 6.45) is 4.76. The Morgan fingerprint density at radius 3 is 2.28 bits per heavy atom. The van der Waals surface area contributed by atoms with Crippen LogP contribution in [0.2, 0.25) is 18.1 Å². The maximum absolute atomic E-state index is 9.90. The van der Waals surface area contributed by atoms with Gasteiger partial charge < -0.3 is 24.1 Å². The summed E-state index contributed by atoms with van der Waals surface area (Å²) in [5, 5.41) is 19.9. The van der Waals surface area contributed by atoms with Gasteiger partial charge in [0.1, 0.15) is 5.75 Å². The maximum atomic E-state index is 9.90. The summed E-state index contributed by atoms with van der Waals surface area (Å²) in [7, 11) is -0.262. The lowest BCUT2D eigenvalue weighted by Crippen LogP contribution is -2.60. The van der Waals surface area contributed by atoms with E-state index in [0.717, 1.165) is 11.3 Å². The van der Waals surface area contributed by atoms with Gasteiger partial charge in [-0.3, -0.25) is 0 Å². The van der Waals surface area contributed by atoms with E-state index in [4.69, 9.17) is 13.9 Å². The summed E-state index contributed by atoms with van der Waals surface area (Å²) >= 11 is 0. The Hall–Kier alpha value is -1.18. The molecule has 0 radical (unpaired) electrons. The minimum atomic E-state index is -1.91. The molecule has 5 nitrogen and oxygen atoms in total. The summed E-state index contributed by atoms with van der Waals surface area (Å²) in [6.45, 7) is 12.1. The maximum Gasteiger partial charge on any atom is 0.192 e. The van der Waals surface area contributed by atoms with Crippen LogP contribution in [-0.4, -0.2) is 51.6 Å².